The van der Waals surface area contributed by atoms with Crippen molar-refractivity contribution in [2.75, 3.05) is 17.2 Å². The first kappa shape index (κ1) is 13.9. The van der Waals surface area contributed by atoms with Gasteiger partial charge in [-0.15, -0.1) is 10.2 Å². The molecule has 3 heterocycles. The quantitative estimate of drug-likeness (QED) is 0.576. The molecule has 1 aliphatic heterocycles. The van der Waals surface area contributed by atoms with E-state index in [1.165, 1.54) is 6.20 Å². The molecular formula is C13H11Cl2N5OS. The van der Waals surface area contributed by atoms with Crippen LogP contribution in [0.2, 0.25) is 10.0 Å². The van der Waals surface area contributed by atoms with Gasteiger partial charge >= 0.3 is 0 Å². The normalized spacial score (nSPS) is 17.1. The van der Waals surface area contributed by atoms with Gasteiger partial charge in [0.2, 0.25) is 0 Å². The minimum absolute atomic E-state index is 0.0308. The molecule has 0 radical (unpaired) electrons. The lowest BCUT2D eigenvalue weighted by atomic mass is 10.1. The predicted molar refractivity (Wildman–Crippen MR) is 88.6 cm³/mol. The van der Waals surface area contributed by atoms with Gasteiger partial charge in [-0.2, -0.15) is 4.73 Å². The number of rotatable bonds is 1. The molecule has 0 saturated carbocycles. The molecule has 1 aromatic carbocycles. The summed E-state index contributed by atoms with van der Waals surface area (Å²) >= 11 is 14.0. The maximum absolute atomic E-state index is 10.1. The maximum Gasteiger partial charge on any atom is 0.141 e. The summed E-state index contributed by atoms with van der Waals surface area (Å²) in [7, 11) is 0. The third-order valence-electron chi connectivity index (χ3n) is 3.61. The molecule has 0 fully saturated rings. The van der Waals surface area contributed by atoms with Crippen molar-refractivity contribution in [2.24, 2.45) is 0 Å². The molecular weight excluding hydrogens is 345 g/mol. The average Bonchev–Trinajstić information content (AvgIpc) is 3.03. The Morgan fingerprint density at radius 1 is 1.36 bits per heavy atom. The van der Waals surface area contributed by atoms with E-state index < -0.39 is 0 Å². The van der Waals surface area contributed by atoms with Crippen molar-refractivity contribution in [2.45, 2.75) is 13.0 Å². The second kappa shape index (κ2) is 4.91. The first-order valence-corrected chi connectivity index (χ1v) is 8.14. The van der Waals surface area contributed by atoms with Crippen LogP contribution >= 0.6 is 34.5 Å². The Morgan fingerprint density at radius 3 is 2.91 bits per heavy atom. The zero-order valence-electron chi connectivity index (χ0n) is 11.4. The van der Waals surface area contributed by atoms with Gasteiger partial charge in [0.25, 0.3) is 0 Å². The molecule has 3 N–H and O–H groups in total. The highest BCUT2D eigenvalue weighted by molar-refractivity contribution is 7.11. The number of aromatic nitrogens is 3. The summed E-state index contributed by atoms with van der Waals surface area (Å²) in [4.78, 5) is 0. The molecule has 2 aromatic heterocycles. The highest BCUT2D eigenvalue weighted by atomic mass is 35.5. The van der Waals surface area contributed by atoms with Gasteiger partial charge in [-0.25, -0.2) is 0 Å². The minimum atomic E-state index is -0.0308. The van der Waals surface area contributed by atoms with Crippen molar-refractivity contribution in [1.29, 1.82) is 0 Å². The van der Waals surface area contributed by atoms with Gasteiger partial charge in [0.1, 0.15) is 15.5 Å². The number of hydrogen-bond acceptors (Lipinski definition) is 6. The minimum Gasteiger partial charge on any atom is -0.428 e. The van der Waals surface area contributed by atoms with Crippen LogP contribution in [0.15, 0.2) is 12.3 Å². The Kier molecular flexibility index (Phi) is 3.11. The zero-order valence-corrected chi connectivity index (χ0v) is 13.7. The standard InChI is InChI=1S/C13H11Cl2N5OS/c1-5-18-19-13(22-5)9-3-16-8-2-6(14)10-7(15)4-20(21)12(10)11(8)17-9/h2,4,9,16-17,21H,3H2,1H3. The molecule has 114 valence electrons. The Labute approximate surface area is 139 Å². The smallest absolute Gasteiger partial charge is 0.141 e. The van der Waals surface area contributed by atoms with E-state index in [0.717, 1.165) is 26.1 Å². The van der Waals surface area contributed by atoms with Crippen LogP contribution in [-0.4, -0.2) is 26.7 Å². The van der Waals surface area contributed by atoms with Crippen LogP contribution in [0, 0.1) is 6.92 Å². The molecule has 1 aliphatic rings. The number of aryl methyl sites for hydroxylation is 1. The van der Waals surface area contributed by atoms with Crippen molar-refractivity contribution < 1.29 is 5.21 Å². The summed E-state index contributed by atoms with van der Waals surface area (Å²) in [6.45, 7) is 2.57. The fourth-order valence-corrected chi connectivity index (χ4v) is 4.04. The largest absolute Gasteiger partial charge is 0.428 e. The molecule has 3 aromatic rings. The van der Waals surface area contributed by atoms with E-state index in [9.17, 15) is 5.21 Å². The molecule has 0 bridgehead atoms. The van der Waals surface area contributed by atoms with Crippen molar-refractivity contribution in [3.63, 3.8) is 0 Å². The van der Waals surface area contributed by atoms with E-state index in [0.29, 0.717) is 27.5 Å². The number of nitrogens with zero attached hydrogens (tertiary/aromatic N) is 3. The molecule has 22 heavy (non-hydrogen) atoms. The van der Waals surface area contributed by atoms with E-state index >= 15 is 0 Å². The summed E-state index contributed by atoms with van der Waals surface area (Å²) in [6, 6.07) is 1.77. The lowest BCUT2D eigenvalue weighted by molar-refractivity contribution is 0.200. The Bertz CT molecular complexity index is 890. The monoisotopic (exact) mass is 355 g/mol. The molecule has 0 amide bonds. The number of fused-ring (bicyclic) bond motifs is 3. The van der Waals surface area contributed by atoms with Crippen molar-refractivity contribution in [1.82, 2.24) is 14.9 Å². The van der Waals surface area contributed by atoms with E-state index in [1.807, 2.05) is 6.92 Å². The molecule has 4 rings (SSSR count). The van der Waals surface area contributed by atoms with Gasteiger partial charge in [-0.1, -0.05) is 34.5 Å². The molecule has 1 atom stereocenters. The Hall–Kier alpha value is -1.70. The van der Waals surface area contributed by atoms with Gasteiger partial charge in [-0.05, 0) is 13.0 Å². The van der Waals surface area contributed by atoms with Crippen molar-refractivity contribution >= 4 is 56.8 Å². The third kappa shape index (κ3) is 2.00. The Balaban J connectivity index is 1.87. The summed E-state index contributed by atoms with van der Waals surface area (Å²) in [5, 5.41) is 28.4. The first-order valence-electron chi connectivity index (χ1n) is 6.57. The van der Waals surface area contributed by atoms with Crippen molar-refractivity contribution in [3.8, 4) is 0 Å². The van der Waals surface area contributed by atoms with Crippen LogP contribution in [0.25, 0.3) is 10.9 Å². The van der Waals surface area contributed by atoms with Crippen LogP contribution in [0.4, 0.5) is 11.4 Å². The first-order chi connectivity index (χ1) is 10.5. The summed E-state index contributed by atoms with van der Waals surface area (Å²) in [5.41, 5.74) is 2.11. The SMILES string of the molecule is Cc1nnc(C2CNc3cc(Cl)c4c(Cl)cn(O)c4c3N2)s1. The summed E-state index contributed by atoms with van der Waals surface area (Å²) < 4.78 is 0.991. The molecule has 6 nitrogen and oxygen atoms in total. The molecule has 0 spiro atoms. The van der Waals surface area contributed by atoms with E-state index in [1.54, 1.807) is 17.4 Å². The van der Waals surface area contributed by atoms with Crippen LogP contribution in [0.1, 0.15) is 16.1 Å². The fraction of sp³-hybridized carbons (Fsp3) is 0.231. The topological polar surface area (TPSA) is 75.0 Å². The van der Waals surface area contributed by atoms with Crippen LogP contribution < -0.4 is 10.6 Å². The van der Waals surface area contributed by atoms with E-state index in [4.69, 9.17) is 23.2 Å². The number of anilines is 2. The third-order valence-corrected chi connectivity index (χ3v) is 5.15. The van der Waals surface area contributed by atoms with E-state index in [-0.39, 0.29) is 6.04 Å². The predicted octanol–water partition coefficient (Wildman–Crippen LogP) is 3.92. The molecule has 9 heteroatoms. The zero-order chi connectivity index (χ0) is 15.4. The highest BCUT2D eigenvalue weighted by Gasteiger charge is 2.27. The van der Waals surface area contributed by atoms with Crippen LogP contribution in [0.3, 0.4) is 0 Å². The number of halogens is 2. The number of benzene rings is 1. The Morgan fingerprint density at radius 2 is 2.18 bits per heavy atom. The summed E-state index contributed by atoms with van der Waals surface area (Å²) in [6.07, 6.45) is 1.43. The van der Waals surface area contributed by atoms with Gasteiger partial charge in [0.05, 0.1) is 33.7 Å². The second-order valence-corrected chi connectivity index (χ2v) is 7.09. The van der Waals surface area contributed by atoms with Gasteiger partial charge in [-0.3, -0.25) is 0 Å². The fourth-order valence-electron chi connectivity index (χ4n) is 2.65. The van der Waals surface area contributed by atoms with Gasteiger partial charge < -0.3 is 15.8 Å². The van der Waals surface area contributed by atoms with E-state index in [2.05, 4.69) is 20.8 Å². The lowest BCUT2D eigenvalue weighted by Crippen LogP contribution is -2.26. The number of nitrogens with one attached hydrogen (secondary N) is 2. The van der Waals surface area contributed by atoms with Gasteiger partial charge in [0, 0.05) is 11.9 Å². The molecule has 0 saturated heterocycles. The maximum atomic E-state index is 10.1. The molecule has 0 aliphatic carbocycles. The number of hydrogen-bond donors (Lipinski definition) is 3. The summed E-state index contributed by atoms with van der Waals surface area (Å²) in [5.74, 6) is 0. The highest BCUT2D eigenvalue weighted by Crippen LogP contribution is 2.44. The molecule has 1 unspecified atom stereocenters. The van der Waals surface area contributed by atoms with Crippen molar-refractivity contribution in [3.05, 3.63) is 32.3 Å². The average molecular weight is 356 g/mol. The van der Waals surface area contributed by atoms with Crippen LogP contribution in [-0.2, 0) is 0 Å². The van der Waals surface area contributed by atoms with Crippen LogP contribution in [0.5, 0.6) is 0 Å². The second-order valence-electron chi connectivity index (χ2n) is 5.06. The van der Waals surface area contributed by atoms with Gasteiger partial charge in [0.15, 0.2) is 0 Å². The lowest BCUT2D eigenvalue weighted by Gasteiger charge is -2.27.